The molecule has 0 aromatic rings. The molecule has 0 aliphatic heterocycles. The third kappa shape index (κ3) is 23.9. The molecule has 0 heterocycles. The molecule has 236 valence electrons. The molecule has 0 fully saturated rings. The lowest BCUT2D eigenvalue weighted by atomic mass is 9.71. The van der Waals surface area contributed by atoms with E-state index in [9.17, 15) is 14.4 Å². The van der Waals surface area contributed by atoms with E-state index in [1.165, 1.54) is 50.3 Å². The van der Waals surface area contributed by atoms with Crippen molar-refractivity contribution < 1.29 is 33.3 Å². The monoisotopic (exact) mass is 578 g/mol. The molecule has 0 aromatic heterocycles. The smallest absolute Gasteiger partial charge is 0.330 e. The fourth-order valence-electron chi connectivity index (χ4n) is 5.00. The average Bonchev–Trinajstić information content (AvgIpc) is 2.95. The minimum absolute atomic E-state index is 0.00360. The van der Waals surface area contributed by atoms with Gasteiger partial charge in [-0.25, -0.2) is 14.4 Å². The van der Waals surface area contributed by atoms with Gasteiger partial charge in [-0.1, -0.05) is 63.7 Å². The molecule has 0 aliphatic rings. The van der Waals surface area contributed by atoms with Crippen LogP contribution >= 0.6 is 0 Å². The molecule has 0 N–H and O–H groups in total. The van der Waals surface area contributed by atoms with Gasteiger partial charge in [-0.15, -0.1) is 0 Å². The average molecular weight is 579 g/mol. The van der Waals surface area contributed by atoms with E-state index in [4.69, 9.17) is 18.9 Å². The Morgan fingerprint density at radius 3 is 1.24 bits per heavy atom. The molecule has 0 amide bonds. The van der Waals surface area contributed by atoms with E-state index in [2.05, 4.69) is 6.92 Å². The normalized spacial score (nSPS) is 13.2. The highest BCUT2D eigenvalue weighted by Crippen LogP contribution is 2.40. The highest BCUT2D eigenvalue weighted by Gasteiger charge is 2.29. The van der Waals surface area contributed by atoms with Crippen LogP contribution in [-0.2, 0) is 33.3 Å². The molecule has 0 aliphatic carbocycles. The SMILES string of the molecule is CC=CC(=O)OCCCC(CCCCCCCCCOCCC)(CCCOC(=O)C=CC)CCCOC(=O)C=CC. The number of allylic oxidation sites excluding steroid dienone is 3. The molecular formula is C34H58O7. The quantitative estimate of drug-likeness (QED) is 0.0420. The lowest BCUT2D eigenvalue weighted by Crippen LogP contribution is -2.24. The molecule has 7 heteroatoms. The van der Waals surface area contributed by atoms with Gasteiger partial charge >= 0.3 is 17.9 Å². The maximum absolute atomic E-state index is 11.8. The summed E-state index contributed by atoms with van der Waals surface area (Å²) in [4.78, 5) is 35.4. The van der Waals surface area contributed by atoms with Gasteiger partial charge in [0.25, 0.3) is 0 Å². The Labute approximate surface area is 250 Å². The summed E-state index contributed by atoms with van der Waals surface area (Å²) < 4.78 is 21.7. The maximum atomic E-state index is 11.8. The van der Waals surface area contributed by atoms with Crippen LogP contribution in [0.3, 0.4) is 0 Å². The highest BCUT2D eigenvalue weighted by atomic mass is 16.5. The van der Waals surface area contributed by atoms with E-state index in [0.717, 1.165) is 77.4 Å². The lowest BCUT2D eigenvalue weighted by Gasteiger charge is -2.35. The first-order chi connectivity index (χ1) is 19.9. The number of carbonyl (C=O) groups is 3. The van der Waals surface area contributed by atoms with Crippen LogP contribution < -0.4 is 0 Å². The topological polar surface area (TPSA) is 88.1 Å². The van der Waals surface area contributed by atoms with Crippen molar-refractivity contribution in [2.45, 2.75) is 124 Å². The van der Waals surface area contributed by atoms with Gasteiger partial charge in [-0.2, -0.15) is 0 Å². The van der Waals surface area contributed by atoms with Crippen molar-refractivity contribution in [2.75, 3.05) is 33.0 Å². The van der Waals surface area contributed by atoms with Crippen molar-refractivity contribution >= 4 is 17.9 Å². The predicted octanol–water partition coefficient (Wildman–Crippen LogP) is 8.22. The minimum Gasteiger partial charge on any atom is -0.463 e. The van der Waals surface area contributed by atoms with Crippen molar-refractivity contribution in [1.82, 2.24) is 0 Å². The molecule has 0 rings (SSSR count). The molecular weight excluding hydrogens is 520 g/mol. The zero-order valence-electron chi connectivity index (χ0n) is 26.5. The predicted molar refractivity (Wildman–Crippen MR) is 165 cm³/mol. The van der Waals surface area contributed by atoms with Crippen LogP contribution in [0.4, 0.5) is 0 Å². The third-order valence-corrected chi connectivity index (χ3v) is 7.04. The number of hydrogen-bond acceptors (Lipinski definition) is 7. The van der Waals surface area contributed by atoms with E-state index < -0.39 is 0 Å². The largest absolute Gasteiger partial charge is 0.463 e. The van der Waals surface area contributed by atoms with Gasteiger partial charge in [0, 0.05) is 31.4 Å². The summed E-state index contributed by atoms with van der Waals surface area (Å²) in [5.41, 5.74) is 0.00360. The van der Waals surface area contributed by atoms with E-state index >= 15 is 0 Å². The molecule has 0 atom stereocenters. The van der Waals surface area contributed by atoms with Gasteiger partial charge in [0.1, 0.15) is 0 Å². The molecule has 0 radical (unpaired) electrons. The first kappa shape index (κ1) is 38.6. The summed E-state index contributed by atoms with van der Waals surface area (Å²) in [6, 6.07) is 0. The number of hydrogen-bond donors (Lipinski definition) is 0. The highest BCUT2D eigenvalue weighted by molar-refractivity contribution is 5.82. The molecule has 7 nitrogen and oxygen atoms in total. The Bertz CT molecular complexity index is 675. The summed E-state index contributed by atoms with van der Waals surface area (Å²) in [5, 5.41) is 0. The van der Waals surface area contributed by atoms with Crippen LogP contribution in [-0.4, -0.2) is 50.9 Å². The van der Waals surface area contributed by atoms with Crippen LogP contribution in [0.1, 0.15) is 124 Å². The van der Waals surface area contributed by atoms with Gasteiger partial charge in [-0.05, 0) is 84.0 Å². The number of carbonyl (C=O) groups excluding carboxylic acids is 3. The van der Waals surface area contributed by atoms with Crippen molar-refractivity contribution in [3.63, 3.8) is 0 Å². The molecule has 0 saturated carbocycles. The van der Waals surface area contributed by atoms with Crippen LogP contribution in [0.2, 0.25) is 0 Å². The summed E-state index contributed by atoms with van der Waals surface area (Å²) in [7, 11) is 0. The molecule has 0 bridgehead atoms. The second kappa shape index (κ2) is 27.7. The molecule has 0 spiro atoms. The number of rotatable bonds is 27. The second-order valence-corrected chi connectivity index (χ2v) is 10.7. The summed E-state index contributed by atoms with van der Waals surface area (Å²) in [5.74, 6) is -0.953. The van der Waals surface area contributed by atoms with Crippen molar-refractivity contribution in [2.24, 2.45) is 5.41 Å². The molecule has 0 unspecified atom stereocenters. The van der Waals surface area contributed by atoms with Crippen molar-refractivity contribution in [1.29, 1.82) is 0 Å². The van der Waals surface area contributed by atoms with Gasteiger partial charge in [0.2, 0.25) is 0 Å². The van der Waals surface area contributed by atoms with Crippen molar-refractivity contribution in [3.8, 4) is 0 Å². The first-order valence-corrected chi connectivity index (χ1v) is 15.9. The van der Waals surface area contributed by atoms with Crippen LogP contribution in [0.15, 0.2) is 36.5 Å². The van der Waals surface area contributed by atoms with Gasteiger partial charge in [-0.3, -0.25) is 0 Å². The lowest BCUT2D eigenvalue weighted by molar-refractivity contribution is -0.138. The van der Waals surface area contributed by atoms with Crippen LogP contribution in [0.25, 0.3) is 0 Å². The molecule has 0 aromatic carbocycles. The zero-order valence-corrected chi connectivity index (χ0v) is 26.5. The molecule has 0 saturated heterocycles. The van der Waals surface area contributed by atoms with Gasteiger partial charge in [0.05, 0.1) is 19.8 Å². The van der Waals surface area contributed by atoms with Crippen LogP contribution in [0.5, 0.6) is 0 Å². The summed E-state index contributed by atoms with van der Waals surface area (Å²) in [6.45, 7) is 10.4. The number of unbranched alkanes of at least 4 members (excludes halogenated alkanes) is 6. The van der Waals surface area contributed by atoms with Gasteiger partial charge in [0.15, 0.2) is 0 Å². The minimum atomic E-state index is -0.318. The van der Waals surface area contributed by atoms with Crippen molar-refractivity contribution in [3.05, 3.63) is 36.5 Å². The van der Waals surface area contributed by atoms with E-state index in [0.29, 0.717) is 19.8 Å². The molecule has 41 heavy (non-hydrogen) atoms. The number of esters is 3. The van der Waals surface area contributed by atoms with Gasteiger partial charge < -0.3 is 18.9 Å². The zero-order chi connectivity index (χ0) is 30.4. The standard InChI is InChI=1S/C34H58O7/c1-5-19-31(35)39-28-16-23-34(24-17-29-40-32(36)20-6-2,25-18-30-41-33(37)21-7-3)22-14-12-10-9-11-13-15-27-38-26-8-4/h5-7,19-21H,8-18,22-30H2,1-4H3. The van der Waals surface area contributed by atoms with E-state index in [1.54, 1.807) is 39.0 Å². The Morgan fingerprint density at radius 2 is 0.854 bits per heavy atom. The Kier molecular flexibility index (Phi) is 26.1. The fourth-order valence-corrected chi connectivity index (χ4v) is 5.00. The Hall–Kier alpha value is -2.41. The maximum Gasteiger partial charge on any atom is 0.330 e. The van der Waals surface area contributed by atoms with E-state index in [1.807, 2.05) is 0 Å². The second-order valence-electron chi connectivity index (χ2n) is 10.7. The first-order valence-electron chi connectivity index (χ1n) is 15.9. The summed E-state index contributed by atoms with van der Waals surface area (Å²) in [6.07, 6.45) is 24.8. The fraction of sp³-hybridized carbons (Fsp3) is 0.735. The van der Waals surface area contributed by atoms with E-state index in [-0.39, 0.29) is 23.3 Å². The number of ether oxygens (including phenoxy) is 4. The Balaban J connectivity index is 5.04. The van der Waals surface area contributed by atoms with Crippen LogP contribution in [0, 0.1) is 5.41 Å². The summed E-state index contributed by atoms with van der Waals surface area (Å²) >= 11 is 0. The third-order valence-electron chi connectivity index (χ3n) is 7.04. The Morgan fingerprint density at radius 1 is 0.488 bits per heavy atom.